The third kappa shape index (κ3) is 2.87. The van der Waals surface area contributed by atoms with Crippen LogP contribution in [0, 0.1) is 0 Å². The molecule has 1 aliphatic carbocycles. The Morgan fingerprint density at radius 3 is 2.16 bits per heavy atom. The van der Waals surface area contributed by atoms with Gasteiger partial charge in [0.05, 0.1) is 13.2 Å². The summed E-state index contributed by atoms with van der Waals surface area (Å²) in [6.07, 6.45) is 7.41. The van der Waals surface area contributed by atoms with Crippen molar-refractivity contribution in [3.8, 4) is 0 Å². The SMILES string of the molecule is COC1=CCC(N(c2ccccc2)c2ccc3ccc4cccc5ccc2c3c45)C=C1. The lowest BCUT2D eigenvalue weighted by molar-refractivity contribution is 0.303. The van der Waals surface area contributed by atoms with Gasteiger partial charge in [0.2, 0.25) is 0 Å². The summed E-state index contributed by atoms with van der Waals surface area (Å²) in [5, 5.41) is 7.88. The maximum Gasteiger partial charge on any atom is 0.114 e. The minimum Gasteiger partial charge on any atom is -0.497 e. The molecule has 1 atom stereocenters. The predicted molar refractivity (Wildman–Crippen MR) is 131 cm³/mol. The molecule has 0 spiro atoms. The van der Waals surface area contributed by atoms with Gasteiger partial charge in [-0.05, 0) is 63.7 Å². The summed E-state index contributed by atoms with van der Waals surface area (Å²) in [5.41, 5.74) is 2.43. The second-order valence-corrected chi connectivity index (χ2v) is 8.12. The first-order valence-electron chi connectivity index (χ1n) is 10.8. The van der Waals surface area contributed by atoms with E-state index in [0.29, 0.717) is 0 Å². The van der Waals surface area contributed by atoms with Crippen LogP contribution < -0.4 is 4.90 Å². The Bertz CT molecular complexity index is 1430. The molecule has 2 nitrogen and oxygen atoms in total. The maximum absolute atomic E-state index is 5.43. The topological polar surface area (TPSA) is 12.5 Å². The molecule has 5 aromatic carbocycles. The average molecular weight is 402 g/mol. The van der Waals surface area contributed by atoms with Crippen molar-refractivity contribution in [2.24, 2.45) is 0 Å². The molecule has 0 heterocycles. The van der Waals surface area contributed by atoms with Crippen molar-refractivity contribution in [3.05, 3.63) is 109 Å². The van der Waals surface area contributed by atoms with Gasteiger partial charge in [-0.3, -0.25) is 0 Å². The van der Waals surface area contributed by atoms with E-state index in [-0.39, 0.29) is 6.04 Å². The van der Waals surface area contributed by atoms with Gasteiger partial charge < -0.3 is 9.64 Å². The van der Waals surface area contributed by atoms with Crippen LogP contribution in [0.1, 0.15) is 6.42 Å². The Hall–Kier alpha value is -3.78. The number of anilines is 2. The molecule has 0 saturated heterocycles. The molecule has 0 aromatic heterocycles. The van der Waals surface area contributed by atoms with Gasteiger partial charge in [-0.25, -0.2) is 0 Å². The van der Waals surface area contributed by atoms with Crippen molar-refractivity contribution in [2.45, 2.75) is 12.5 Å². The van der Waals surface area contributed by atoms with Gasteiger partial charge in [-0.1, -0.05) is 72.8 Å². The second-order valence-electron chi connectivity index (χ2n) is 8.12. The molecule has 0 saturated carbocycles. The first-order chi connectivity index (χ1) is 15.3. The van der Waals surface area contributed by atoms with Crippen molar-refractivity contribution >= 4 is 43.7 Å². The van der Waals surface area contributed by atoms with Crippen LogP contribution in [0.2, 0.25) is 0 Å². The summed E-state index contributed by atoms with van der Waals surface area (Å²) >= 11 is 0. The number of nitrogens with zero attached hydrogens (tertiary/aromatic N) is 1. The molecule has 5 aromatic rings. The molecule has 2 heteroatoms. The van der Waals surface area contributed by atoms with E-state index in [9.17, 15) is 0 Å². The molecule has 0 radical (unpaired) electrons. The van der Waals surface area contributed by atoms with E-state index in [1.54, 1.807) is 7.11 Å². The molecule has 1 unspecified atom stereocenters. The van der Waals surface area contributed by atoms with Crippen molar-refractivity contribution in [3.63, 3.8) is 0 Å². The smallest absolute Gasteiger partial charge is 0.114 e. The zero-order valence-corrected chi connectivity index (χ0v) is 17.5. The molecule has 6 rings (SSSR count). The van der Waals surface area contributed by atoms with Crippen LogP contribution in [0.4, 0.5) is 11.4 Å². The quantitative estimate of drug-likeness (QED) is 0.288. The molecule has 31 heavy (non-hydrogen) atoms. The first kappa shape index (κ1) is 18.0. The van der Waals surface area contributed by atoms with E-state index >= 15 is 0 Å². The third-order valence-electron chi connectivity index (χ3n) is 6.41. The number of rotatable bonds is 4. The summed E-state index contributed by atoms with van der Waals surface area (Å²) in [7, 11) is 1.73. The van der Waals surface area contributed by atoms with Crippen LogP contribution in [0.5, 0.6) is 0 Å². The average Bonchev–Trinajstić information content (AvgIpc) is 2.84. The fraction of sp³-hybridized carbons (Fsp3) is 0.103. The van der Waals surface area contributed by atoms with Gasteiger partial charge in [0.15, 0.2) is 0 Å². The molecule has 0 aliphatic heterocycles. The van der Waals surface area contributed by atoms with Gasteiger partial charge in [0, 0.05) is 16.8 Å². The van der Waals surface area contributed by atoms with Crippen LogP contribution in [0.3, 0.4) is 0 Å². The van der Waals surface area contributed by atoms with E-state index in [4.69, 9.17) is 4.74 Å². The van der Waals surface area contributed by atoms with Crippen molar-refractivity contribution in [1.29, 1.82) is 0 Å². The highest BCUT2D eigenvalue weighted by atomic mass is 16.5. The monoisotopic (exact) mass is 401 g/mol. The second kappa shape index (κ2) is 7.17. The number of benzene rings is 5. The van der Waals surface area contributed by atoms with Crippen molar-refractivity contribution in [2.75, 3.05) is 12.0 Å². The summed E-state index contributed by atoms with van der Waals surface area (Å²) in [4.78, 5) is 2.46. The lowest BCUT2D eigenvalue weighted by Gasteiger charge is -2.34. The zero-order chi connectivity index (χ0) is 20.8. The molecule has 0 N–H and O–H groups in total. The highest BCUT2D eigenvalue weighted by molar-refractivity contribution is 6.25. The molecular formula is C29H23NO. The molecule has 0 bridgehead atoms. The van der Waals surface area contributed by atoms with Crippen LogP contribution in [-0.4, -0.2) is 13.2 Å². The lowest BCUT2D eigenvalue weighted by Crippen LogP contribution is -2.30. The molecule has 1 aliphatic rings. The normalized spacial score (nSPS) is 16.2. The van der Waals surface area contributed by atoms with Crippen molar-refractivity contribution in [1.82, 2.24) is 0 Å². The number of para-hydroxylation sites is 1. The summed E-state index contributed by atoms with van der Waals surface area (Å²) < 4.78 is 5.43. The van der Waals surface area contributed by atoms with Gasteiger partial charge in [0.1, 0.15) is 5.76 Å². The molecular weight excluding hydrogens is 378 g/mol. The molecule has 0 fully saturated rings. The number of allylic oxidation sites excluding steroid dienone is 1. The minimum atomic E-state index is 0.222. The Balaban J connectivity index is 1.61. The van der Waals surface area contributed by atoms with E-state index in [1.165, 1.54) is 43.7 Å². The fourth-order valence-electron chi connectivity index (χ4n) is 4.96. The highest BCUT2D eigenvalue weighted by Gasteiger charge is 2.23. The number of hydrogen-bond donors (Lipinski definition) is 0. The van der Waals surface area contributed by atoms with Crippen LogP contribution >= 0.6 is 0 Å². The number of hydrogen-bond acceptors (Lipinski definition) is 2. The van der Waals surface area contributed by atoms with Crippen molar-refractivity contribution < 1.29 is 4.74 Å². The van der Waals surface area contributed by atoms with Gasteiger partial charge >= 0.3 is 0 Å². The Morgan fingerprint density at radius 2 is 1.45 bits per heavy atom. The summed E-state index contributed by atoms with van der Waals surface area (Å²) in [5.74, 6) is 0.930. The third-order valence-corrected chi connectivity index (χ3v) is 6.41. The van der Waals surface area contributed by atoms with Crippen LogP contribution in [-0.2, 0) is 4.74 Å². The van der Waals surface area contributed by atoms with E-state index < -0.39 is 0 Å². The minimum absolute atomic E-state index is 0.222. The van der Waals surface area contributed by atoms with E-state index in [0.717, 1.165) is 12.2 Å². The highest BCUT2D eigenvalue weighted by Crippen LogP contribution is 2.42. The van der Waals surface area contributed by atoms with E-state index in [1.807, 2.05) is 0 Å². The number of ether oxygens (including phenoxy) is 1. The molecule has 150 valence electrons. The van der Waals surface area contributed by atoms with Crippen LogP contribution in [0.15, 0.2) is 109 Å². The van der Waals surface area contributed by atoms with Gasteiger partial charge in [-0.15, -0.1) is 0 Å². The zero-order valence-electron chi connectivity index (χ0n) is 17.5. The fourth-order valence-corrected chi connectivity index (χ4v) is 4.96. The first-order valence-corrected chi connectivity index (χ1v) is 10.8. The van der Waals surface area contributed by atoms with Gasteiger partial charge in [-0.2, -0.15) is 0 Å². The lowest BCUT2D eigenvalue weighted by atomic mass is 9.92. The van der Waals surface area contributed by atoms with E-state index in [2.05, 4.69) is 108 Å². The maximum atomic E-state index is 5.43. The standard InChI is InChI=1S/C29H23NO/c1-31-25-16-14-24(15-17-25)30(23-8-3-2-4-9-23)27-19-13-22-11-10-20-6-5-7-21-12-18-26(27)29(22)28(20)21/h2-14,16-19,24H,15H2,1H3. The number of methoxy groups -OCH3 is 1. The largest absolute Gasteiger partial charge is 0.497 e. The Morgan fingerprint density at radius 1 is 0.742 bits per heavy atom. The summed E-state index contributed by atoms with van der Waals surface area (Å²) in [6.45, 7) is 0. The van der Waals surface area contributed by atoms with Gasteiger partial charge in [0.25, 0.3) is 0 Å². The Labute approximate surface area is 182 Å². The van der Waals surface area contributed by atoms with Crippen LogP contribution in [0.25, 0.3) is 32.3 Å². The summed E-state index contributed by atoms with van der Waals surface area (Å²) in [6, 6.07) is 31.1. The molecule has 0 amide bonds. The predicted octanol–water partition coefficient (Wildman–Crippen LogP) is 7.58. The Kier molecular flexibility index (Phi) is 4.17.